The van der Waals surface area contributed by atoms with Crippen LogP contribution in [0.25, 0.3) is 0 Å². The van der Waals surface area contributed by atoms with Gasteiger partial charge in [-0.2, -0.15) is 0 Å². The van der Waals surface area contributed by atoms with E-state index in [9.17, 15) is 9.59 Å². The fourth-order valence-corrected chi connectivity index (χ4v) is 2.67. The van der Waals surface area contributed by atoms with Crippen molar-refractivity contribution in [3.05, 3.63) is 35.9 Å². The molecule has 1 aromatic carbocycles. The molecule has 1 aliphatic rings. The molecule has 0 atom stereocenters. The van der Waals surface area contributed by atoms with Gasteiger partial charge in [0.1, 0.15) is 6.61 Å². The van der Waals surface area contributed by atoms with Crippen LogP contribution in [0.2, 0.25) is 0 Å². The molecule has 2 rings (SSSR count). The maximum Gasteiger partial charge on any atom is 0.410 e. The summed E-state index contributed by atoms with van der Waals surface area (Å²) in [5, 5.41) is 0. The third-order valence-electron chi connectivity index (χ3n) is 4.17. The van der Waals surface area contributed by atoms with Gasteiger partial charge in [0.05, 0.1) is 7.11 Å². The van der Waals surface area contributed by atoms with E-state index < -0.39 is 0 Å². The summed E-state index contributed by atoms with van der Waals surface area (Å²) in [6.45, 7) is 4.32. The highest BCUT2D eigenvalue weighted by atomic mass is 16.6. The van der Waals surface area contributed by atoms with Crippen molar-refractivity contribution in [1.82, 2.24) is 9.80 Å². The number of rotatable bonds is 7. The fraction of sp³-hybridized carbons (Fsp3) is 0.556. The highest BCUT2D eigenvalue weighted by Gasteiger charge is 2.21. The zero-order valence-corrected chi connectivity index (χ0v) is 14.3. The normalized spacial score (nSPS) is 15.1. The topological polar surface area (TPSA) is 59.1 Å². The van der Waals surface area contributed by atoms with E-state index in [1.807, 2.05) is 30.3 Å². The Hall–Kier alpha value is -2.08. The molecule has 24 heavy (non-hydrogen) atoms. The number of nitrogens with zero attached hydrogens (tertiary/aromatic N) is 2. The molecule has 1 aromatic rings. The van der Waals surface area contributed by atoms with Gasteiger partial charge in [0.2, 0.25) is 0 Å². The maximum atomic E-state index is 12.1. The molecule has 1 saturated heterocycles. The van der Waals surface area contributed by atoms with Gasteiger partial charge in [0.15, 0.2) is 0 Å². The maximum absolute atomic E-state index is 12.1. The number of carbonyl (C=O) groups excluding carboxylic acids is 2. The van der Waals surface area contributed by atoms with Crippen molar-refractivity contribution in [3.8, 4) is 0 Å². The van der Waals surface area contributed by atoms with Crippen LogP contribution in [0.4, 0.5) is 4.79 Å². The average molecular weight is 334 g/mol. The van der Waals surface area contributed by atoms with E-state index >= 15 is 0 Å². The van der Waals surface area contributed by atoms with Crippen LogP contribution in [-0.4, -0.2) is 61.7 Å². The first kappa shape index (κ1) is 18.3. The smallest absolute Gasteiger partial charge is 0.410 e. The van der Waals surface area contributed by atoms with Gasteiger partial charge in [-0.15, -0.1) is 0 Å². The van der Waals surface area contributed by atoms with Gasteiger partial charge in [-0.3, -0.25) is 9.69 Å². The number of hydrogen-bond donors (Lipinski definition) is 0. The zero-order chi connectivity index (χ0) is 17.2. The molecule has 1 amide bonds. The van der Waals surface area contributed by atoms with Gasteiger partial charge in [-0.05, 0) is 24.9 Å². The largest absolute Gasteiger partial charge is 0.469 e. The van der Waals surface area contributed by atoms with Gasteiger partial charge < -0.3 is 14.4 Å². The Kier molecular flexibility index (Phi) is 7.55. The number of ether oxygens (including phenoxy) is 2. The van der Waals surface area contributed by atoms with E-state index in [1.165, 1.54) is 7.11 Å². The summed E-state index contributed by atoms with van der Waals surface area (Å²) in [7, 11) is 1.42. The molecule has 6 heteroatoms. The standard InChI is InChI=1S/C18H26N2O4/c1-23-17(21)9-5-6-10-19-11-13-20(14-12-19)18(22)24-15-16-7-3-2-4-8-16/h2-4,7-8H,5-6,9-15H2,1H3. The van der Waals surface area contributed by atoms with E-state index in [1.54, 1.807) is 4.90 Å². The predicted octanol–water partition coefficient (Wildman–Crippen LogP) is 2.28. The SMILES string of the molecule is COC(=O)CCCCN1CCN(C(=O)OCc2ccccc2)CC1. The first-order valence-electron chi connectivity index (χ1n) is 8.44. The Labute approximate surface area is 143 Å². The molecular formula is C18H26N2O4. The predicted molar refractivity (Wildman–Crippen MR) is 90.5 cm³/mol. The van der Waals surface area contributed by atoms with Crippen LogP contribution in [0.3, 0.4) is 0 Å². The summed E-state index contributed by atoms with van der Waals surface area (Å²) in [5.41, 5.74) is 0.995. The molecule has 1 fully saturated rings. The second-order valence-electron chi connectivity index (χ2n) is 5.90. The van der Waals surface area contributed by atoms with Crippen molar-refractivity contribution in [2.45, 2.75) is 25.9 Å². The minimum absolute atomic E-state index is 0.152. The Bertz CT molecular complexity index is 513. The second kappa shape index (κ2) is 9.93. The van der Waals surface area contributed by atoms with E-state index in [0.717, 1.165) is 38.0 Å². The van der Waals surface area contributed by atoms with Crippen molar-refractivity contribution in [2.24, 2.45) is 0 Å². The van der Waals surface area contributed by atoms with Crippen LogP contribution in [0.1, 0.15) is 24.8 Å². The van der Waals surface area contributed by atoms with Gasteiger partial charge >= 0.3 is 12.1 Å². The molecule has 0 aliphatic carbocycles. The number of piperazine rings is 1. The quantitative estimate of drug-likeness (QED) is 0.565. The first-order valence-corrected chi connectivity index (χ1v) is 8.44. The Morgan fingerprint density at radius 2 is 1.75 bits per heavy atom. The number of unbranched alkanes of at least 4 members (excludes halogenated alkanes) is 1. The lowest BCUT2D eigenvalue weighted by Crippen LogP contribution is -2.48. The van der Waals surface area contributed by atoms with Crippen LogP contribution in [0, 0.1) is 0 Å². The first-order chi connectivity index (χ1) is 11.7. The number of esters is 1. The molecule has 6 nitrogen and oxygen atoms in total. The molecule has 0 saturated carbocycles. The van der Waals surface area contributed by atoms with E-state index in [-0.39, 0.29) is 12.1 Å². The lowest BCUT2D eigenvalue weighted by Gasteiger charge is -2.34. The summed E-state index contributed by atoms with van der Waals surface area (Å²) in [4.78, 5) is 27.2. The van der Waals surface area contributed by atoms with E-state index in [0.29, 0.717) is 26.1 Å². The van der Waals surface area contributed by atoms with Gasteiger partial charge in [-0.25, -0.2) is 4.79 Å². The number of carbonyl (C=O) groups is 2. The lowest BCUT2D eigenvalue weighted by atomic mass is 10.2. The Balaban J connectivity index is 1.60. The van der Waals surface area contributed by atoms with E-state index in [2.05, 4.69) is 9.64 Å². The van der Waals surface area contributed by atoms with Crippen molar-refractivity contribution >= 4 is 12.1 Å². The average Bonchev–Trinajstić information content (AvgIpc) is 2.64. The summed E-state index contributed by atoms with van der Waals surface area (Å²) < 4.78 is 9.98. The van der Waals surface area contributed by atoms with Crippen LogP contribution < -0.4 is 0 Å². The third-order valence-corrected chi connectivity index (χ3v) is 4.17. The molecule has 1 heterocycles. The minimum atomic E-state index is -0.246. The molecule has 1 aliphatic heterocycles. The van der Waals surface area contributed by atoms with Crippen molar-refractivity contribution in [3.63, 3.8) is 0 Å². The number of amides is 1. The molecule has 0 N–H and O–H groups in total. The number of benzene rings is 1. The number of methoxy groups -OCH3 is 1. The van der Waals surface area contributed by atoms with Crippen molar-refractivity contribution in [2.75, 3.05) is 39.8 Å². The summed E-state index contributed by atoms with van der Waals surface area (Å²) >= 11 is 0. The van der Waals surface area contributed by atoms with E-state index in [4.69, 9.17) is 4.74 Å². The Morgan fingerprint density at radius 3 is 2.42 bits per heavy atom. The minimum Gasteiger partial charge on any atom is -0.469 e. The van der Waals surface area contributed by atoms with Crippen LogP contribution in [0.15, 0.2) is 30.3 Å². The van der Waals surface area contributed by atoms with Crippen molar-refractivity contribution < 1.29 is 19.1 Å². The molecule has 0 aromatic heterocycles. The molecule has 0 unspecified atom stereocenters. The van der Waals surface area contributed by atoms with Gasteiger partial charge in [0, 0.05) is 32.6 Å². The molecule has 132 valence electrons. The monoisotopic (exact) mass is 334 g/mol. The highest BCUT2D eigenvalue weighted by molar-refractivity contribution is 5.69. The second-order valence-corrected chi connectivity index (χ2v) is 5.90. The Morgan fingerprint density at radius 1 is 1.04 bits per heavy atom. The molecule has 0 bridgehead atoms. The zero-order valence-electron chi connectivity index (χ0n) is 14.3. The summed E-state index contributed by atoms with van der Waals surface area (Å²) in [6, 6.07) is 9.69. The summed E-state index contributed by atoms with van der Waals surface area (Å²) in [6.07, 6.45) is 2.03. The van der Waals surface area contributed by atoms with Crippen LogP contribution >= 0.6 is 0 Å². The van der Waals surface area contributed by atoms with Crippen LogP contribution in [-0.2, 0) is 20.9 Å². The summed E-state index contributed by atoms with van der Waals surface area (Å²) in [5.74, 6) is -0.152. The van der Waals surface area contributed by atoms with Crippen LogP contribution in [0.5, 0.6) is 0 Å². The lowest BCUT2D eigenvalue weighted by molar-refractivity contribution is -0.140. The van der Waals surface area contributed by atoms with Gasteiger partial charge in [-0.1, -0.05) is 30.3 Å². The van der Waals surface area contributed by atoms with Gasteiger partial charge in [0.25, 0.3) is 0 Å². The highest BCUT2D eigenvalue weighted by Crippen LogP contribution is 2.08. The molecule has 0 spiro atoms. The number of hydrogen-bond acceptors (Lipinski definition) is 5. The molecular weight excluding hydrogens is 308 g/mol. The molecule has 0 radical (unpaired) electrons. The third kappa shape index (κ3) is 6.20. The van der Waals surface area contributed by atoms with Crippen molar-refractivity contribution in [1.29, 1.82) is 0 Å². The fourth-order valence-electron chi connectivity index (χ4n) is 2.67.